The van der Waals surface area contributed by atoms with Gasteiger partial charge in [-0.25, -0.2) is 9.18 Å². The van der Waals surface area contributed by atoms with Crippen molar-refractivity contribution in [1.29, 1.82) is 0 Å². The summed E-state index contributed by atoms with van der Waals surface area (Å²) >= 11 is 0. The zero-order valence-electron chi connectivity index (χ0n) is 11.5. The standard InChI is InChI=1S/C16H17FN2O2/c17-14-8-4-5-9-15(14)21-11-10-18-16(20)19-12-13-6-2-1-3-7-13/h1-9H,10-12H2,(H2,18,19,20). The molecule has 2 aromatic rings. The molecular formula is C16H17FN2O2. The van der Waals surface area contributed by atoms with Crippen LogP contribution in [0, 0.1) is 5.82 Å². The smallest absolute Gasteiger partial charge is 0.315 e. The van der Waals surface area contributed by atoms with Gasteiger partial charge in [-0.2, -0.15) is 0 Å². The highest BCUT2D eigenvalue weighted by Gasteiger charge is 2.02. The molecule has 0 radical (unpaired) electrons. The van der Waals surface area contributed by atoms with Gasteiger partial charge in [0.05, 0.1) is 6.54 Å². The number of benzene rings is 2. The Labute approximate surface area is 122 Å². The number of rotatable bonds is 6. The van der Waals surface area contributed by atoms with Crippen molar-refractivity contribution in [2.75, 3.05) is 13.2 Å². The van der Waals surface area contributed by atoms with Crippen LogP contribution < -0.4 is 15.4 Å². The molecule has 0 saturated heterocycles. The minimum absolute atomic E-state index is 0.184. The van der Waals surface area contributed by atoms with Gasteiger partial charge < -0.3 is 15.4 Å². The Kier molecular flexibility index (Phi) is 5.58. The maximum Gasteiger partial charge on any atom is 0.315 e. The number of hydrogen-bond donors (Lipinski definition) is 2. The Morgan fingerprint density at radius 3 is 2.48 bits per heavy atom. The normalized spacial score (nSPS) is 9.95. The van der Waals surface area contributed by atoms with Crippen LogP contribution in [0.1, 0.15) is 5.56 Å². The lowest BCUT2D eigenvalue weighted by Gasteiger charge is -2.09. The molecule has 0 unspecified atom stereocenters. The van der Waals surface area contributed by atoms with Crippen LogP contribution >= 0.6 is 0 Å². The molecule has 110 valence electrons. The maximum absolute atomic E-state index is 13.3. The van der Waals surface area contributed by atoms with E-state index in [1.807, 2.05) is 30.3 Å². The van der Waals surface area contributed by atoms with E-state index in [0.717, 1.165) is 5.56 Å². The van der Waals surface area contributed by atoms with Gasteiger partial charge in [0.1, 0.15) is 6.61 Å². The predicted octanol–water partition coefficient (Wildman–Crippen LogP) is 2.70. The van der Waals surface area contributed by atoms with Crippen LogP contribution in [0.25, 0.3) is 0 Å². The average molecular weight is 288 g/mol. The van der Waals surface area contributed by atoms with Crippen molar-refractivity contribution in [1.82, 2.24) is 10.6 Å². The Balaban J connectivity index is 1.62. The number of carbonyl (C=O) groups excluding carboxylic acids is 1. The second kappa shape index (κ2) is 7.89. The van der Waals surface area contributed by atoms with Crippen LogP contribution in [0.4, 0.5) is 9.18 Å². The summed E-state index contributed by atoms with van der Waals surface area (Å²) in [5, 5.41) is 5.37. The Hall–Kier alpha value is -2.56. The summed E-state index contributed by atoms with van der Waals surface area (Å²) in [5.41, 5.74) is 1.02. The third kappa shape index (κ3) is 5.14. The van der Waals surface area contributed by atoms with E-state index in [9.17, 15) is 9.18 Å². The minimum Gasteiger partial charge on any atom is -0.489 e. The van der Waals surface area contributed by atoms with Crippen LogP contribution in [-0.2, 0) is 6.54 Å². The van der Waals surface area contributed by atoms with Gasteiger partial charge in [0.25, 0.3) is 0 Å². The summed E-state index contributed by atoms with van der Waals surface area (Å²) in [6.07, 6.45) is 0. The van der Waals surface area contributed by atoms with Crippen LogP contribution in [0.5, 0.6) is 5.75 Å². The van der Waals surface area contributed by atoms with E-state index in [0.29, 0.717) is 13.1 Å². The minimum atomic E-state index is -0.411. The molecule has 2 amide bonds. The summed E-state index contributed by atoms with van der Waals surface area (Å²) < 4.78 is 18.5. The van der Waals surface area contributed by atoms with Crippen molar-refractivity contribution in [2.45, 2.75) is 6.54 Å². The van der Waals surface area contributed by atoms with E-state index >= 15 is 0 Å². The monoisotopic (exact) mass is 288 g/mol. The van der Waals surface area contributed by atoms with Crippen LogP contribution in [0.15, 0.2) is 54.6 Å². The van der Waals surface area contributed by atoms with E-state index in [2.05, 4.69) is 10.6 Å². The number of amides is 2. The highest BCUT2D eigenvalue weighted by molar-refractivity contribution is 5.73. The molecule has 2 N–H and O–H groups in total. The molecule has 2 rings (SSSR count). The van der Waals surface area contributed by atoms with Crippen LogP contribution in [0.2, 0.25) is 0 Å². The second-order valence-electron chi connectivity index (χ2n) is 4.37. The van der Waals surface area contributed by atoms with Gasteiger partial charge >= 0.3 is 6.03 Å². The third-order valence-corrected chi connectivity index (χ3v) is 2.78. The fourth-order valence-corrected chi connectivity index (χ4v) is 1.73. The fraction of sp³-hybridized carbons (Fsp3) is 0.188. The van der Waals surface area contributed by atoms with Gasteiger partial charge in [0.15, 0.2) is 11.6 Å². The number of carbonyl (C=O) groups is 1. The maximum atomic E-state index is 13.3. The lowest BCUT2D eigenvalue weighted by Crippen LogP contribution is -2.37. The van der Waals surface area contributed by atoms with E-state index < -0.39 is 5.82 Å². The van der Waals surface area contributed by atoms with Crippen LogP contribution in [0.3, 0.4) is 0 Å². The summed E-state index contributed by atoms with van der Waals surface area (Å²) in [7, 11) is 0. The third-order valence-electron chi connectivity index (χ3n) is 2.78. The molecule has 0 aromatic heterocycles. The molecule has 0 saturated carbocycles. The summed E-state index contributed by atoms with van der Waals surface area (Å²) in [4.78, 5) is 11.5. The van der Waals surface area contributed by atoms with E-state index in [-0.39, 0.29) is 18.4 Å². The number of hydrogen-bond acceptors (Lipinski definition) is 2. The van der Waals surface area contributed by atoms with Gasteiger partial charge in [-0.1, -0.05) is 42.5 Å². The topological polar surface area (TPSA) is 50.4 Å². The summed E-state index contributed by atoms with van der Waals surface area (Å²) in [6.45, 7) is 0.968. The zero-order chi connectivity index (χ0) is 14.9. The molecule has 0 bridgehead atoms. The number of ether oxygens (including phenoxy) is 1. The molecule has 0 atom stereocenters. The molecule has 21 heavy (non-hydrogen) atoms. The van der Waals surface area contributed by atoms with E-state index in [1.54, 1.807) is 18.2 Å². The Morgan fingerprint density at radius 2 is 1.71 bits per heavy atom. The molecule has 5 heteroatoms. The largest absolute Gasteiger partial charge is 0.489 e. The first-order chi connectivity index (χ1) is 10.3. The SMILES string of the molecule is O=C(NCCOc1ccccc1F)NCc1ccccc1. The summed E-state index contributed by atoms with van der Waals surface area (Å²) in [5.74, 6) is -0.227. The van der Waals surface area contributed by atoms with E-state index in [1.165, 1.54) is 6.07 Å². The van der Waals surface area contributed by atoms with Gasteiger partial charge in [-0.3, -0.25) is 0 Å². The van der Waals surface area contributed by atoms with Gasteiger partial charge in [0.2, 0.25) is 0 Å². The molecule has 2 aromatic carbocycles. The zero-order valence-corrected chi connectivity index (χ0v) is 11.5. The van der Waals surface area contributed by atoms with Crippen molar-refractivity contribution in [3.63, 3.8) is 0 Å². The number of para-hydroxylation sites is 1. The van der Waals surface area contributed by atoms with Crippen LogP contribution in [-0.4, -0.2) is 19.2 Å². The molecule has 0 heterocycles. The predicted molar refractivity (Wildman–Crippen MR) is 78.6 cm³/mol. The molecule has 0 spiro atoms. The van der Waals surface area contributed by atoms with Crippen molar-refractivity contribution in [2.24, 2.45) is 0 Å². The van der Waals surface area contributed by atoms with Crippen molar-refractivity contribution < 1.29 is 13.9 Å². The first-order valence-electron chi connectivity index (χ1n) is 6.68. The van der Waals surface area contributed by atoms with Crippen molar-refractivity contribution >= 4 is 6.03 Å². The molecule has 0 fully saturated rings. The molecule has 0 aliphatic rings. The number of urea groups is 1. The molecule has 4 nitrogen and oxygen atoms in total. The first kappa shape index (κ1) is 14.8. The van der Waals surface area contributed by atoms with Crippen molar-refractivity contribution in [3.8, 4) is 5.75 Å². The van der Waals surface area contributed by atoms with Gasteiger partial charge in [0, 0.05) is 6.54 Å². The molecular weight excluding hydrogens is 271 g/mol. The molecule has 0 aliphatic carbocycles. The van der Waals surface area contributed by atoms with Crippen molar-refractivity contribution in [3.05, 3.63) is 66.0 Å². The summed E-state index contributed by atoms with van der Waals surface area (Å²) in [6, 6.07) is 15.5. The lowest BCUT2D eigenvalue weighted by molar-refractivity contribution is 0.235. The lowest BCUT2D eigenvalue weighted by atomic mass is 10.2. The highest BCUT2D eigenvalue weighted by Crippen LogP contribution is 2.14. The van der Waals surface area contributed by atoms with Gasteiger partial charge in [-0.15, -0.1) is 0 Å². The fourth-order valence-electron chi connectivity index (χ4n) is 1.73. The average Bonchev–Trinajstić information content (AvgIpc) is 2.52. The molecule has 0 aliphatic heterocycles. The second-order valence-corrected chi connectivity index (χ2v) is 4.37. The number of halogens is 1. The number of nitrogens with one attached hydrogen (secondary N) is 2. The highest BCUT2D eigenvalue weighted by atomic mass is 19.1. The Morgan fingerprint density at radius 1 is 1.00 bits per heavy atom. The van der Waals surface area contributed by atoms with E-state index in [4.69, 9.17) is 4.74 Å². The van der Waals surface area contributed by atoms with Gasteiger partial charge in [-0.05, 0) is 17.7 Å². The first-order valence-corrected chi connectivity index (χ1v) is 6.68. The quantitative estimate of drug-likeness (QED) is 0.803. The Bertz CT molecular complexity index is 575.